The zero-order valence-electron chi connectivity index (χ0n) is 13.0. The fourth-order valence-electron chi connectivity index (χ4n) is 1.77. The minimum Gasteiger partial charge on any atom is -0.494 e. The summed E-state index contributed by atoms with van der Waals surface area (Å²) in [5.41, 5.74) is 1.18. The van der Waals surface area contributed by atoms with E-state index in [-0.39, 0.29) is 12.3 Å². The van der Waals surface area contributed by atoms with Crippen LogP contribution >= 0.6 is 0 Å². The molecule has 6 nitrogen and oxygen atoms in total. The van der Waals surface area contributed by atoms with Gasteiger partial charge in [0.05, 0.1) is 13.2 Å². The van der Waals surface area contributed by atoms with E-state index in [1.165, 1.54) is 12.5 Å². The molecule has 0 radical (unpaired) electrons. The maximum Gasteiger partial charge on any atom is 0.325 e. The van der Waals surface area contributed by atoms with Crippen molar-refractivity contribution in [1.82, 2.24) is 5.32 Å². The lowest BCUT2D eigenvalue weighted by Crippen LogP contribution is -2.38. The number of hydrogen-bond donors (Lipinski definition) is 2. The molecule has 0 saturated carbocycles. The number of amides is 1. The Hall–Kier alpha value is -2.08. The van der Waals surface area contributed by atoms with E-state index in [1.807, 2.05) is 24.3 Å². The molecule has 1 atom stereocenters. The minimum atomic E-state index is -1.04. The summed E-state index contributed by atoms with van der Waals surface area (Å²) >= 11 is 0. The van der Waals surface area contributed by atoms with Crippen molar-refractivity contribution >= 4 is 11.9 Å². The third-order valence-electron chi connectivity index (χ3n) is 3.08. The Kier molecular flexibility index (Phi) is 7.99. The van der Waals surface area contributed by atoms with Gasteiger partial charge in [0.15, 0.2) is 0 Å². The number of carboxylic acids is 1. The van der Waals surface area contributed by atoms with Gasteiger partial charge in [-0.05, 0) is 37.5 Å². The average molecular weight is 309 g/mol. The van der Waals surface area contributed by atoms with Crippen molar-refractivity contribution < 1.29 is 24.2 Å². The van der Waals surface area contributed by atoms with E-state index in [0.717, 1.165) is 12.2 Å². The van der Waals surface area contributed by atoms with Crippen LogP contribution in [0.15, 0.2) is 24.3 Å². The van der Waals surface area contributed by atoms with Crippen molar-refractivity contribution in [2.24, 2.45) is 0 Å². The monoisotopic (exact) mass is 309 g/mol. The molecule has 0 unspecified atom stereocenters. The van der Waals surface area contributed by atoms with Gasteiger partial charge in [-0.3, -0.25) is 9.59 Å². The number of carboxylic acid groups (broad SMARTS) is 1. The minimum absolute atomic E-state index is 0.240. The van der Waals surface area contributed by atoms with Gasteiger partial charge < -0.3 is 19.9 Å². The van der Waals surface area contributed by atoms with Gasteiger partial charge >= 0.3 is 5.97 Å². The summed E-state index contributed by atoms with van der Waals surface area (Å²) in [7, 11) is 1.67. The van der Waals surface area contributed by atoms with E-state index < -0.39 is 12.0 Å². The van der Waals surface area contributed by atoms with Gasteiger partial charge in [-0.1, -0.05) is 12.1 Å². The standard InChI is InChI=1S/C16H23NO5/c1-12(16(19)20)17-15(18)4-3-10-22-14-7-5-13(6-8-14)9-11-21-2/h5-8,12H,3-4,9-11H2,1-2H3,(H,17,18)(H,19,20)/t12-/m1/s1. The second-order valence-electron chi connectivity index (χ2n) is 4.97. The molecule has 0 aromatic heterocycles. The second-order valence-corrected chi connectivity index (χ2v) is 4.97. The Morgan fingerprint density at radius 2 is 1.91 bits per heavy atom. The molecule has 0 aliphatic rings. The summed E-state index contributed by atoms with van der Waals surface area (Å²) in [4.78, 5) is 22.1. The molecule has 1 aromatic rings. The summed E-state index contributed by atoms with van der Waals surface area (Å²) in [5.74, 6) is -0.577. The number of hydrogen-bond acceptors (Lipinski definition) is 4. The maximum absolute atomic E-state index is 11.5. The normalized spacial score (nSPS) is 11.7. The molecule has 6 heteroatoms. The summed E-state index contributed by atoms with van der Waals surface area (Å²) in [6, 6.07) is 6.87. The third kappa shape index (κ3) is 7.08. The van der Waals surface area contributed by atoms with Gasteiger partial charge in [0, 0.05) is 13.5 Å². The molecule has 0 fully saturated rings. The Labute approximate surface area is 130 Å². The molecule has 0 saturated heterocycles. The van der Waals surface area contributed by atoms with Crippen molar-refractivity contribution in [1.29, 1.82) is 0 Å². The Bertz CT molecular complexity index is 472. The van der Waals surface area contributed by atoms with Crippen LogP contribution in [0.5, 0.6) is 5.75 Å². The van der Waals surface area contributed by atoms with Gasteiger partial charge in [-0.25, -0.2) is 0 Å². The van der Waals surface area contributed by atoms with Gasteiger partial charge in [0.25, 0.3) is 0 Å². The van der Waals surface area contributed by atoms with Crippen LogP contribution < -0.4 is 10.1 Å². The quantitative estimate of drug-likeness (QED) is 0.642. The average Bonchev–Trinajstić information content (AvgIpc) is 2.50. The van der Waals surface area contributed by atoms with Crippen LogP contribution in [-0.2, 0) is 20.7 Å². The first-order valence-electron chi connectivity index (χ1n) is 7.25. The van der Waals surface area contributed by atoms with Crippen molar-refractivity contribution in [2.45, 2.75) is 32.2 Å². The van der Waals surface area contributed by atoms with Crippen LogP contribution in [-0.4, -0.2) is 43.3 Å². The lowest BCUT2D eigenvalue weighted by atomic mass is 10.1. The van der Waals surface area contributed by atoms with Crippen LogP contribution in [0.1, 0.15) is 25.3 Å². The first-order chi connectivity index (χ1) is 10.5. The number of ether oxygens (including phenoxy) is 2. The van der Waals surface area contributed by atoms with Gasteiger partial charge in [-0.2, -0.15) is 0 Å². The van der Waals surface area contributed by atoms with Gasteiger partial charge in [0.2, 0.25) is 5.91 Å². The molecule has 22 heavy (non-hydrogen) atoms. The highest BCUT2D eigenvalue weighted by Gasteiger charge is 2.13. The number of nitrogens with one attached hydrogen (secondary N) is 1. The fourth-order valence-corrected chi connectivity index (χ4v) is 1.77. The van der Waals surface area contributed by atoms with E-state index in [0.29, 0.717) is 19.6 Å². The lowest BCUT2D eigenvalue weighted by Gasteiger charge is -2.10. The molecule has 122 valence electrons. The second kappa shape index (κ2) is 9.78. The number of benzene rings is 1. The zero-order valence-corrected chi connectivity index (χ0v) is 13.0. The first-order valence-corrected chi connectivity index (χ1v) is 7.25. The predicted octanol–water partition coefficient (Wildman–Crippen LogP) is 1.62. The molecular weight excluding hydrogens is 286 g/mol. The van der Waals surface area contributed by atoms with E-state index in [1.54, 1.807) is 7.11 Å². The van der Waals surface area contributed by atoms with Crippen molar-refractivity contribution in [3.8, 4) is 5.75 Å². The van der Waals surface area contributed by atoms with Crippen LogP contribution in [0.4, 0.5) is 0 Å². The van der Waals surface area contributed by atoms with Crippen LogP contribution in [0.25, 0.3) is 0 Å². The largest absolute Gasteiger partial charge is 0.494 e. The first kappa shape index (κ1) is 18.0. The fraction of sp³-hybridized carbons (Fsp3) is 0.500. The molecular formula is C16H23NO5. The number of rotatable bonds is 10. The highest BCUT2D eigenvalue weighted by molar-refractivity contribution is 5.83. The van der Waals surface area contributed by atoms with Crippen LogP contribution in [0.3, 0.4) is 0 Å². The van der Waals surface area contributed by atoms with Crippen molar-refractivity contribution in [3.05, 3.63) is 29.8 Å². The molecule has 0 aliphatic carbocycles. The van der Waals surface area contributed by atoms with Gasteiger partial charge in [-0.15, -0.1) is 0 Å². The third-order valence-corrected chi connectivity index (χ3v) is 3.08. The van der Waals surface area contributed by atoms with E-state index >= 15 is 0 Å². The topological polar surface area (TPSA) is 84.9 Å². The number of methoxy groups -OCH3 is 1. The molecule has 1 aromatic carbocycles. The molecule has 0 aliphatic heterocycles. The molecule has 1 rings (SSSR count). The number of aliphatic carboxylic acids is 1. The summed E-state index contributed by atoms with van der Waals surface area (Å²) in [6.07, 6.45) is 1.63. The Balaban J connectivity index is 2.21. The Morgan fingerprint density at radius 1 is 1.23 bits per heavy atom. The molecule has 2 N–H and O–H groups in total. The van der Waals surface area contributed by atoms with E-state index in [2.05, 4.69) is 5.32 Å². The highest BCUT2D eigenvalue weighted by Crippen LogP contribution is 2.13. The molecule has 1 amide bonds. The summed E-state index contributed by atoms with van der Waals surface area (Å²) < 4.78 is 10.6. The van der Waals surface area contributed by atoms with Crippen molar-refractivity contribution in [2.75, 3.05) is 20.3 Å². The molecule has 0 heterocycles. The van der Waals surface area contributed by atoms with Gasteiger partial charge in [0.1, 0.15) is 11.8 Å². The molecule has 0 bridgehead atoms. The molecule has 0 spiro atoms. The predicted molar refractivity (Wildman–Crippen MR) is 82.0 cm³/mol. The summed E-state index contributed by atoms with van der Waals surface area (Å²) in [6.45, 7) is 2.53. The lowest BCUT2D eigenvalue weighted by molar-refractivity contribution is -0.141. The van der Waals surface area contributed by atoms with E-state index in [4.69, 9.17) is 14.6 Å². The highest BCUT2D eigenvalue weighted by atomic mass is 16.5. The van der Waals surface area contributed by atoms with Crippen LogP contribution in [0.2, 0.25) is 0 Å². The summed E-state index contributed by atoms with van der Waals surface area (Å²) in [5, 5.41) is 11.1. The number of carbonyl (C=O) groups excluding carboxylic acids is 1. The van der Waals surface area contributed by atoms with E-state index in [9.17, 15) is 9.59 Å². The van der Waals surface area contributed by atoms with Crippen molar-refractivity contribution in [3.63, 3.8) is 0 Å². The SMILES string of the molecule is COCCc1ccc(OCCCC(=O)N[C@H](C)C(=O)O)cc1. The number of carbonyl (C=O) groups is 2. The maximum atomic E-state index is 11.5. The Morgan fingerprint density at radius 3 is 2.50 bits per heavy atom. The zero-order chi connectivity index (χ0) is 16.4. The van der Waals surface area contributed by atoms with Crippen LogP contribution in [0, 0.1) is 0 Å². The smallest absolute Gasteiger partial charge is 0.325 e.